The molecule has 2 nitrogen and oxygen atoms in total. The Kier molecular flexibility index (Phi) is 9.00. The molecule has 0 spiro atoms. The Labute approximate surface area is 103 Å². The van der Waals surface area contributed by atoms with Crippen molar-refractivity contribution < 1.29 is 9.13 Å². The average Bonchev–Trinajstić information content (AvgIpc) is 2.27. The van der Waals surface area contributed by atoms with Gasteiger partial charge in [0, 0.05) is 11.1 Å². The third kappa shape index (κ3) is 6.67. The first kappa shape index (κ1) is 15.2. The molecular formula is C12H20FNOS. The molecule has 16 heavy (non-hydrogen) atoms. The first-order chi connectivity index (χ1) is 7.65. The van der Waals surface area contributed by atoms with Gasteiger partial charge in [0.15, 0.2) is 5.82 Å². The summed E-state index contributed by atoms with van der Waals surface area (Å²) in [4.78, 5) is 4.11. The average molecular weight is 245 g/mol. The van der Waals surface area contributed by atoms with Gasteiger partial charge in [0.2, 0.25) is 5.88 Å². The number of methoxy groups -OCH3 is 1. The van der Waals surface area contributed by atoms with Crippen LogP contribution in [0.1, 0.15) is 39.5 Å². The summed E-state index contributed by atoms with van der Waals surface area (Å²) in [6.07, 6.45) is 6.96. The molecule has 0 radical (unpaired) electrons. The minimum absolute atomic E-state index is 0.00204. The fourth-order valence-corrected chi connectivity index (χ4v) is 1.24. The molecule has 0 saturated heterocycles. The highest BCUT2D eigenvalue weighted by molar-refractivity contribution is 7.80. The van der Waals surface area contributed by atoms with Crippen LogP contribution in [-0.2, 0) is 0 Å². The molecule has 1 aromatic heterocycles. The lowest BCUT2D eigenvalue weighted by molar-refractivity contribution is 0.368. The fraction of sp³-hybridized carbons (Fsp3) is 0.583. The van der Waals surface area contributed by atoms with E-state index in [2.05, 4.69) is 36.2 Å². The Morgan fingerprint density at radius 3 is 2.25 bits per heavy atom. The lowest BCUT2D eigenvalue weighted by atomic mass is 10.2. The third-order valence-corrected chi connectivity index (χ3v) is 2.19. The molecule has 0 N–H and O–H groups in total. The quantitative estimate of drug-likeness (QED) is 0.637. The molecule has 92 valence electrons. The van der Waals surface area contributed by atoms with E-state index in [9.17, 15) is 4.39 Å². The van der Waals surface area contributed by atoms with Crippen LogP contribution in [0.25, 0.3) is 0 Å². The summed E-state index contributed by atoms with van der Waals surface area (Å²) in [6, 6.07) is 1.24. The molecule has 4 heteroatoms. The van der Waals surface area contributed by atoms with Crippen LogP contribution in [-0.4, -0.2) is 12.1 Å². The molecule has 0 unspecified atom stereocenters. The van der Waals surface area contributed by atoms with Crippen molar-refractivity contribution in [2.24, 2.45) is 0 Å². The lowest BCUT2D eigenvalue weighted by Crippen LogP contribution is -1.90. The maximum atomic E-state index is 12.6. The Balaban J connectivity index is 0.000000325. The number of aromatic nitrogens is 1. The predicted octanol–water partition coefficient (Wildman–Crippen LogP) is 4.10. The van der Waals surface area contributed by atoms with Crippen molar-refractivity contribution in [1.29, 1.82) is 0 Å². The van der Waals surface area contributed by atoms with E-state index in [1.807, 2.05) is 0 Å². The zero-order valence-electron chi connectivity index (χ0n) is 10.2. The second-order valence-electron chi connectivity index (χ2n) is 3.39. The molecule has 1 aromatic rings. The molecule has 1 heterocycles. The molecule has 0 aliphatic rings. The Morgan fingerprint density at radius 1 is 1.31 bits per heavy atom. The molecule has 1 rings (SSSR count). The molecule has 0 bridgehead atoms. The van der Waals surface area contributed by atoms with Crippen LogP contribution < -0.4 is 4.74 Å². The zero-order chi connectivity index (χ0) is 12.4. The number of hydrogen-bond acceptors (Lipinski definition) is 3. The molecule has 0 aliphatic heterocycles. The molecule has 0 fully saturated rings. The van der Waals surface area contributed by atoms with Crippen molar-refractivity contribution in [3.05, 3.63) is 18.1 Å². The van der Waals surface area contributed by atoms with Gasteiger partial charge in [-0.3, -0.25) is 0 Å². The number of unbranched alkanes of at least 4 members (excludes halogenated alkanes) is 3. The van der Waals surface area contributed by atoms with Gasteiger partial charge in [0.05, 0.1) is 7.11 Å². The summed E-state index contributed by atoms with van der Waals surface area (Å²) < 4.78 is 17.2. The standard InChI is InChI=1S/C6H6FNOS.C6H14/c1-9-6-5(7)2-4(10)3-8-6;1-3-5-6-4-2/h2-3,10H,1H3;3-6H2,1-2H3. The smallest absolute Gasteiger partial charge is 0.250 e. The van der Waals surface area contributed by atoms with Gasteiger partial charge in [0.1, 0.15) is 0 Å². The number of thiol groups is 1. The van der Waals surface area contributed by atoms with Crippen LogP contribution in [0.4, 0.5) is 4.39 Å². The second kappa shape index (κ2) is 9.46. The highest BCUT2D eigenvalue weighted by Gasteiger charge is 2.01. The van der Waals surface area contributed by atoms with E-state index in [1.165, 1.54) is 45.1 Å². The number of hydrogen-bond donors (Lipinski definition) is 1. The first-order valence-corrected chi connectivity index (χ1v) is 5.98. The summed E-state index contributed by atoms with van der Waals surface area (Å²) in [5.74, 6) is -0.493. The van der Waals surface area contributed by atoms with Crippen LogP contribution in [0.5, 0.6) is 5.88 Å². The third-order valence-electron chi connectivity index (χ3n) is 1.94. The van der Waals surface area contributed by atoms with E-state index in [1.54, 1.807) is 0 Å². The van der Waals surface area contributed by atoms with Gasteiger partial charge in [-0.1, -0.05) is 39.5 Å². The van der Waals surface area contributed by atoms with Gasteiger partial charge in [-0.05, 0) is 6.07 Å². The maximum Gasteiger partial charge on any atom is 0.250 e. The highest BCUT2D eigenvalue weighted by atomic mass is 32.1. The summed E-state index contributed by atoms with van der Waals surface area (Å²) in [5.41, 5.74) is 0. The van der Waals surface area contributed by atoms with E-state index in [-0.39, 0.29) is 5.88 Å². The zero-order valence-corrected chi connectivity index (χ0v) is 11.1. The van der Waals surface area contributed by atoms with Crippen molar-refractivity contribution >= 4 is 12.6 Å². The molecule has 0 amide bonds. The Bertz CT molecular complexity index is 290. The number of pyridine rings is 1. The van der Waals surface area contributed by atoms with Gasteiger partial charge < -0.3 is 4.74 Å². The van der Waals surface area contributed by atoms with Crippen LogP contribution in [0.3, 0.4) is 0 Å². The topological polar surface area (TPSA) is 22.1 Å². The van der Waals surface area contributed by atoms with E-state index in [0.717, 1.165) is 0 Å². The highest BCUT2D eigenvalue weighted by Crippen LogP contribution is 2.15. The van der Waals surface area contributed by atoms with E-state index >= 15 is 0 Å². The lowest BCUT2D eigenvalue weighted by Gasteiger charge is -1.98. The molecule has 0 saturated carbocycles. The second-order valence-corrected chi connectivity index (χ2v) is 3.91. The molecule has 0 aromatic carbocycles. The minimum Gasteiger partial charge on any atom is -0.479 e. The van der Waals surface area contributed by atoms with Gasteiger partial charge in [-0.2, -0.15) is 0 Å². The maximum absolute atomic E-state index is 12.6. The largest absolute Gasteiger partial charge is 0.479 e. The van der Waals surface area contributed by atoms with Crippen LogP contribution >= 0.6 is 12.6 Å². The fourth-order valence-electron chi connectivity index (χ4n) is 1.07. The number of halogens is 1. The summed E-state index contributed by atoms with van der Waals surface area (Å²) >= 11 is 3.88. The minimum atomic E-state index is -0.491. The van der Waals surface area contributed by atoms with E-state index in [4.69, 9.17) is 0 Å². The molecule has 0 atom stereocenters. The van der Waals surface area contributed by atoms with Crippen molar-refractivity contribution in [2.45, 2.75) is 44.4 Å². The van der Waals surface area contributed by atoms with Gasteiger partial charge in [-0.15, -0.1) is 12.6 Å². The van der Waals surface area contributed by atoms with Crippen molar-refractivity contribution in [1.82, 2.24) is 4.98 Å². The number of rotatable bonds is 4. The first-order valence-electron chi connectivity index (χ1n) is 5.54. The summed E-state index contributed by atoms with van der Waals surface area (Å²) in [6.45, 7) is 4.46. The van der Waals surface area contributed by atoms with Crippen LogP contribution in [0.15, 0.2) is 17.2 Å². The van der Waals surface area contributed by atoms with Crippen LogP contribution in [0.2, 0.25) is 0 Å². The van der Waals surface area contributed by atoms with Gasteiger partial charge in [-0.25, -0.2) is 9.37 Å². The SMILES string of the molecule is CCCCCC.COc1ncc(S)cc1F. The monoisotopic (exact) mass is 245 g/mol. The molecular weight excluding hydrogens is 225 g/mol. The predicted molar refractivity (Wildman–Crippen MR) is 67.8 cm³/mol. The van der Waals surface area contributed by atoms with Crippen molar-refractivity contribution in [3.8, 4) is 5.88 Å². The van der Waals surface area contributed by atoms with E-state index < -0.39 is 5.82 Å². The van der Waals surface area contributed by atoms with Gasteiger partial charge >= 0.3 is 0 Å². The number of nitrogens with zero attached hydrogens (tertiary/aromatic N) is 1. The van der Waals surface area contributed by atoms with Crippen molar-refractivity contribution in [2.75, 3.05) is 7.11 Å². The summed E-state index contributed by atoms with van der Waals surface area (Å²) in [7, 11) is 1.36. The summed E-state index contributed by atoms with van der Waals surface area (Å²) in [5, 5.41) is 0. The Morgan fingerprint density at radius 2 is 1.88 bits per heavy atom. The van der Waals surface area contributed by atoms with Gasteiger partial charge in [0.25, 0.3) is 0 Å². The van der Waals surface area contributed by atoms with E-state index in [0.29, 0.717) is 4.90 Å². The molecule has 0 aliphatic carbocycles. The van der Waals surface area contributed by atoms with Crippen molar-refractivity contribution in [3.63, 3.8) is 0 Å². The number of ether oxygens (including phenoxy) is 1. The Hall–Kier alpha value is -0.770. The normalized spacial score (nSPS) is 9.31. The van der Waals surface area contributed by atoms with Crippen LogP contribution in [0, 0.1) is 5.82 Å².